The molecule has 0 unspecified atom stereocenters. The molecule has 4 nitrogen and oxygen atoms in total. The molecule has 4 heteroatoms. The summed E-state index contributed by atoms with van der Waals surface area (Å²) in [6.45, 7) is 4.76. The van der Waals surface area contributed by atoms with Crippen LogP contribution in [0.1, 0.15) is 23.6 Å². The molecule has 0 atom stereocenters. The average Bonchev–Trinajstić information content (AvgIpc) is 3.25. The fraction of sp³-hybridized carbons (Fsp3) is 0.200. The number of hydrogen-bond acceptors (Lipinski definition) is 4. The van der Waals surface area contributed by atoms with E-state index in [9.17, 15) is 0 Å². The van der Waals surface area contributed by atoms with Crippen molar-refractivity contribution in [3.8, 4) is 34.0 Å². The molecule has 29 heavy (non-hydrogen) atoms. The van der Waals surface area contributed by atoms with Crippen LogP contribution in [-0.4, -0.2) is 17.3 Å². The van der Waals surface area contributed by atoms with Crippen molar-refractivity contribution in [3.05, 3.63) is 83.4 Å². The Balaban J connectivity index is 1.72. The summed E-state index contributed by atoms with van der Waals surface area (Å²) in [6.07, 6.45) is 0.972. The smallest absolute Gasteiger partial charge is 0.258 e. The molecule has 0 aliphatic carbocycles. The van der Waals surface area contributed by atoms with Gasteiger partial charge >= 0.3 is 0 Å². The second-order valence-electron chi connectivity index (χ2n) is 7.10. The molecule has 0 aliphatic rings. The lowest BCUT2D eigenvalue weighted by Crippen LogP contribution is -1.95. The lowest BCUT2D eigenvalue weighted by molar-refractivity contribution is 0.185. The summed E-state index contributed by atoms with van der Waals surface area (Å²) in [5.74, 6) is 1.11. The molecule has 0 spiro atoms. The molecule has 4 aromatic rings. The van der Waals surface area contributed by atoms with Crippen molar-refractivity contribution in [2.24, 2.45) is 0 Å². The van der Waals surface area contributed by atoms with Crippen LogP contribution < -0.4 is 0 Å². The van der Waals surface area contributed by atoms with E-state index in [0.717, 1.165) is 28.7 Å². The lowest BCUT2D eigenvalue weighted by Gasteiger charge is -2.12. The molecule has 1 aromatic heterocycles. The van der Waals surface area contributed by atoms with Crippen LogP contribution >= 0.6 is 0 Å². The average molecular weight is 384 g/mol. The number of aromatic nitrogens is 2. The maximum Gasteiger partial charge on any atom is 0.258 e. The lowest BCUT2D eigenvalue weighted by atomic mass is 9.94. The minimum absolute atomic E-state index is 0.510. The monoisotopic (exact) mass is 384 g/mol. The Kier molecular flexibility index (Phi) is 5.54. The Morgan fingerprint density at radius 1 is 0.897 bits per heavy atom. The number of benzene rings is 3. The molecule has 3 aromatic carbocycles. The van der Waals surface area contributed by atoms with Gasteiger partial charge in [0.2, 0.25) is 5.82 Å². The number of aryl methyl sites for hydroxylation is 2. The Hall–Kier alpha value is -3.24. The van der Waals surface area contributed by atoms with E-state index in [1.54, 1.807) is 7.11 Å². The van der Waals surface area contributed by atoms with Gasteiger partial charge in [-0.2, -0.15) is 4.98 Å². The normalized spacial score (nSPS) is 11.0. The molecule has 0 saturated heterocycles. The number of nitrogens with zero attached hydrogens (tertiary/aromatic N) is 2. The van der Waals surface area contributed by atoms with Crippen LogP contribution in [-0.2, 0) is 17.8 Å². The SMILES string of the molecule is CCc1cccc(-c2noc(-c3ccc(-c4ccccc4C)c(COC)c3)n2)c1. The largest absolute Gasteiger partial charge is 0.380 e. The minimum Gasteiger partial charge on any atom is -0.380 e. The van der Waals surface area contributed by atoms with Crippen LogP contribution in [0.3, 0.4) is 0 Å². The Morgan fingerprint density at radius 2 is 1.76 bits per heavy atom. The van der Waals surface area contributed by atoms with E-state index >= 15 is 0 Å². The van der Waals surface area contributed by atoms with Crippen LogP contribution in [0, 0.1) is 6.92 Å². The first-order valence-corrected chi connectivity index (χ1v) is 9.81. The van der Waals surface area contributed by atoms with Gasteiger partial charge in [0.25, 0.3) is 5.89 Å². The second-order valence-corrected chi connectivity index (χ2v) is 7.10. The van der Waals surface area contributed by atoms with Crippen molar-refractivity contribution in [3.63, 3.8) is 0 Å². The molecular weight excluding hydrogens is 360 g/mol. The molecule has 0 bridgehead atoms. The highest BCUT2D eigenvalue weighted by Crippen LogP contribution is 2.31. The van der Waals surface area contributed by atoms with E-state index in [4.69, 9.17) is 9.26 Å². The minimum atomic E-state index is 0.510. The topological polar surface area (TPSA) is 48.2 Å². The van der Waals surface area contributed by atoms with E-state index in [2.05, 4.69) is 72.5 Å². The Bertz CT molecular complexity index is 1130. The van der Waals surface area contributed by atoms with E-state index < -0.39 is 0 Å². The van der Waals surface area contributed by atoms with Crippen LogP contribution in [0.4, 0.5) is 0 Å². The molecule has 0 fully saturated rings. The van der Waals surface area contributed by atoms with Crippen molar-refractivity contribution in [1.82, 2.24) is 10.1 Å². The van der Waals surface area contributed by atoms with Crippen molar-refractivity contribution in [1.29, 1.82) is 0 Å². The maximum atomic E-state index is 5.58. The van der Waals surface area contributed by atoms with Gasteiger partial charge in [0.1, 0.15) is 0 Å². The molecule has 0 radical (unpaired) electrons. The third-order valence-corrected chi connectivity index (χ3v) is 5.11. The van der Waals surface area contributed by atoms with E-state index in [1.807, 2.05) is 18.2 Å². The summed E-state index contributed by atoms with van der Waals surface area (Å²) in [6, 6.07) is 22.8. The van der Waals surface area contributed by atoms with Gasteiger partial charge in [-0.05, 0) is 59.4 Å². The van der Waals surface area contributed by atoms with Crippen LogP contribution in [0.2, 0.25) is 0 Å². The molecule has 146 valence electrons. The van der Waals surface area contributed by atoms with Gasteiger partial charge in [0.15, 0.2) is 0 Å². The quantitative estimate of drug-likeness (QED) is 0.404. The maximum absolute atomic E-state index is 5.58. The fourth-order valence-electron chi connectivity index (χ4n) is 3.53. The van der Waals surface area contributed by atoms with E-state index in [-0.39, 0.29) is 0 Å². The van der Waals surface area contributed by atoms with Crippen LogP contribution in [0.25, 0.3) is 34.0 Å². The summed E-state index contributed by atoms with van der Waals surface area (Å²) < 4.78 is 11.0. The van der Waals surface area contributed by atoms with E-state index in [0.29, 0.717) is 18.3 Å². The summed E-state index contributed by atoms with van der Waals surface area (Å²) >= 11 is 0. The fourth-order valence-corrected chi connectivity index (χ4v) is 3.53. The predicted octanol–water partition coefficient (Wildman–Crippen LogP) is 6.09. The number of methoxy groups -OCH3 is 1. The number of ether oxygens (including phenoxy) is 1. The van der Waals surface area contributed by atoms with Gasteiger partial charge in [-0.25, -0.2) is 0 Å². The van der Waals surface area contributed by atoms with Crippen LogP contribution in [0.5, 0.6) is 0 Å². The third-order valence-electron chi connectivity index (χ3n) is 5.11. The number of rotatable bonds is 6. The van der Waals surface area contributed by atoms with Crippen molar-refractivity contribution in [2.75, 3.05) is 7.11 Å². The van der Waals surface area contributed by atoms with E-state index in [1.165, 1.54) is 16.7 Å². The third kappa shape index (κ3) is 3.98. The highest BCUT2D eigenvalue weighted by atomic mass is 16.5. The van der Waals surface area contributed by atoms with Gasteiger partial charge < -0.3 is 9.26 Å². The van der Waals surface area contributed by atoms with Gasteiger partial charge in [-0.15, -0.1) is 0 Å². The van der Waals surface area contributed by atoms with Crippen molar-refractivity contribution in [2.45, 2.75) is 26.9 Å². The Morgan fingerprint density at radius 3 is 2.55 bits per heavy atom. The van der Waals surface area contributed by atoms with Gasteiger partial charge in [0.05, 0.1) is 6.61 Å². The predicted molar refractivity (Wildman–Crippen MR) is 115 cm³/mol. The summed E-state index contributed by atoms with van der Waals surface area (Å²) in [5, 5.41) is 4.19. The first-order chi connectivity index (χ1) is 14.2. The Labute approximate surface area is 171 Å². The summed E-state index contributed by atoms with van der Waals surface area (Å²) in [4.78, 5) is 4.63. The molecule has 0 aliphatic heterocycles. The highest BCUT2D eigenvalue weighted by Gasteiger charge is 2.14. The zero-order chi connectivity index (χ0) is 20.2. The first kappa shape index (κ1) is 19.1. The zero-order valence-corrected chi connectivity index (χ0v) is 17.0. The standard InChI is InChI=1S/C25H24N2O2/c1-4-18-9-7-10-19(14-18)24-26-25(29-27-24)20-12-13-23(21(15-20)16-28-3)22-11-6-5-8-17(22)2/h5-15H,4,16H2,1-3H3. The highest BCUT2D eigenvalue weighted by molar-refractivity contribution is 5.74. The molecule has 1 heterocycles. The zero-order valence-electron chi connectivity index (χ0n) is 17.0. The number of hydrogen-bond donors (Lipinski definition) is 0. The molecule has 0 amide bonds. The second kappa shape index (κ2) is 8.41. The van der Waals surface area contributed by atoms with Gasteiger partial charge in [-0.3, -0.25) is 0 Å². The summed E-state index contributed by atoms with van der Waals surface area (Å²) in [7, 11) is 1.71. The first-order valence-electron chi connectivity index (χ1n) is 9.81. The van der Waals surface area contributed by atoms with Gasteiger partial charge in [-0.1, -0.05) is 60.6 Å². The molecule has 0 saturated carbocycles. The molecule has 4 rings (SSSR count). The summed E-state index contributed by atoms with van der Waals surface area (Å²) in [5.41, 5.74) is 7.78. The molecule has 0 N–H and O–H groups in total. The van der Waals surface area contributed by atoms with Gasteiger partial charge in [0, 0.05) is 18.2 Å². The van der Waals surface area contributed by atoms with Crippen molar-refractivity contribution < 1.29 is 9.26 Å². The van der Waals surface area contributed by atoms with Crippen molar-refractivity contribution >= 4 is 0 Å². The van der Waals surface area contributed by atoms with Crippen LogP contribution in [0.15, 0.2) is 71.3 Å². The molecular formula is C25H24N2O2.